The molecule has 0 unspecified atom stereocenters. The molecule has 20 heavy (non-hydrogen) atoms. The van der Waals surface area contributed by atoms with Gasteiger partial charge in [0, 0.05) is 4.75 Å². The van der Waals surface area contributed by atoms with E-state index < -0.39 is 22.9 Å². The summed E-state index contributed by atoms with van der Waals surface area (Å²) in [6, 6.07) is 8.56. The van der Waals surface area contributed by atoms with Crippen molar-refractivity contribution in [1.29, 1.82) is 0 Å². The first kappa shape index (κ1) is 14.7. The second-order valence-electron chi connectivity index (χ2n) is 5.13. The van der Waals surface area contributed by atoms with Crippen LogP contribution in [-0.4, -0.2) is 38.7 Å². The Hall–Kier alpha value is -1.69. The molecule has 108 valence electrons. The molecule has 0 bridgehead atoms. The van der Waals surface area contributed by atoms with Crippen LogP contribution in [0.5, 0.6) is 0 Å². The van der Waals surface area contributed by atoms with Crippen LogP contribution in [0.4, 0.5) is 4.79 Å². The smallest absolute Gasteiger partial charge is 0.408 e. The van der Waals surface area contributed by atoms with Gasteiger partial charge in [-0.1, -0.05) is 30.3 Å². The number of carboxylic acid groups (broad SMARTS) is 1. The van der Waals surface area contributed by atoms with Gasteiger partial charge < -0.3 is 9.84 Å². The van der Waals surface area contributed by atoms with Crippen LogP contribution in [0.25, 0.3) is 0 Å². The summed E-state index contributed by atoms with van der Waals surface area (Å²) in [5, 5.41) is 9.15. The van der Waals surface area contributed by atoms with Gasteiger partial charge >= 0.3 is 12.1 Å². The zero-order chi connectivity index (χ0) is 14.8. The zero-order valence-electron chi connectivity index (χ0n) is 11.4. The number of carbonyl (C=O) groups is 2. The number of hydrogen-bond acceptors (Lipinski definition) is 4. The Morgan fingerprint density at radius 2 is 2.05 bits per heavy atom. The van der Waals surface area contributed by atoms with Gasteiger partial charge in [-0.15, -0.1) is 11.8 Å². The van der Waals surface area contributed by atoms with Crippen LogP contribution >= 0.6 is 11.8 Å². The van der Waals surface area contributed by atoms with Crippen LogP contribution in [0.15, 0.2) is 30.3 Å². The van der Waals surface area contributed by atoms with Crippen molar-refractivity contribution in [3.8, 4) is 0 Å². The fourth-order valence-electron chi connectivity index (χ4n) is 2.15. The molecule has 1 aromatic rings. The van der Waals surface area contributed by atoms with Gasteiger partial charge in [-0.25, -0.2) is 9.59 Å². The highest BCUT2D eigenvalue weighted by Gasteiger charge is 2.49. The van der Waals surface area contributed by atoms with Crippen molar-refractivity contribution in [2.45, 2.75) is 31.2 Å². The van der Waals surface area contributed by atoms with Gasteiger partial charge in [0.15, 0.2) is 0 Å². The normalized spacial score (nSPS) is 20.7. The maximum atomic E-state index is 12.2. The largest absolute Gasteiger partial charge is 0.465 e. The van der Waals surface area contributed by atoms with E-state index in [0.717, 1.165) is 10.5 Å². The summed E-state index contributed by atoms with van der Waals surface area (Å²) in [5.74, 6) is -0.209. The number of nitrogens with zero attached hydrogens (tertiary/aromatic N) is 1. The quantitative estimate of drug-likeness (QED) is 0.868. The third-order valence-electron chi connectivity index (χ3n) is 3.24. The van der Waals surface area contributed by atoms with Crippen molar-refractivity contribution >= 4 is 23.8 Å². The minimum absolute atomic E-state index is 0.157. The van der Waals surface area contributed by atoms with E-state index >= 15 is 0 Å². The molecule has 0 saturated carbocycles. The average Bonchev–Trinajstić information content (AvgIpc) is 2.73. The molecule has 5 nitrogen and oxygen atoms in total. The molecule has 1 atom stereocenters. The van der Waals surface area contributed by atoms with Crippen molar-refractivity contribution < 1.29 is 19.4 Å². The molecule has 1 aromatic carbocycles. The number of thioether (sulfide) groups is 1. The number of rotatable bonds is 3. The number of amides is 1. The lowest BCUT2D eigenvalue weighted by Crippen LogP contribution is -2.49. The molecule has 1 N–H and O–H groups in total. The van der Waals surface area contributed by atoms with Gasteiger partial charge in [0.05, 0.1) is 5.88 Å². The molecule has 1 aliphatic heterocycles. The molecule has 0 aromatic heterocycles. The third-order valence-corrected chi connectivity index (χ3v) is 4.61. The van der Waals surface area contributed by atoms with Crippen molar-refractivity contribution in [2.75, 3.05) is 5.88 Å². The maximum absolute atomic E-state index is 12.2. The predicted molar refractivity (Wildman–Crippen MR) is 76.4 cm³/mol. The van der Waals surface area contributed by atoms with Gasteiger partial charge in [0.25, 0.3) is 0 Å². The monoisotopic (exact) mass is 295 g/mol. The molecule has 0 aliphatic carbocycles. The Bertz CT molecular complexity index is 503. The topological polar surface area (TPSA) is 66.8 Å². The molecule has 2 rings (SSSR count). The first-order chi connectivity index (χ1) is 9.42. The summed E-state index contributed by atoms with van der Waals surface area (Å²) >= 11 is 1.44. The third kappa shape index (κ3) is 3.07. The summed E-state index contributed by atoms with van der Waals surface area (Å²) in [6.45, 7) is 3.87. The number of benzene rings is 1. The van der Waals surface area contributed by atoms with Gasteiger partial charge in [-0.05, 0) is 19.4 Å². The van der Waals surface area contributed by atoms with Gasteiger partial charge in [0.2, 0.25) is 0 Å². The summed E-state index contributed by atoms with van der Waals surface area (Å²) in [5.41, 5.74) is 0.881. The van der Waals surface area contributed by atoms with E-state index in [4.69, 9.17) is 9.84 Å². The molecular weight excluding hydrogens is 278 g/mol. The van der Waals surface area contributed by atoms with E-state index in [-0.39, 0.29) is 12.5 Å². The molecule has 6 heteroatoms. The molecule has 1 amide bonds. The number of carbonyl (C=O) groups excluding carboxylic acids is 1. The lowest BCUT2D eigenvalue weighted by molar-refractivity contribution is -0.150. The lowest BCUT2D eigenvalue weighted by atomic mass is 10.0. The van der Waals surface area contributed by atoms with Crippen molar-refractivity contribution in [2.24, 2.45) is 0 Å². The van der Waals surface area contributed by atoms with Gasteiger partial charge in [-0.3, -0.25) is 4.90 Å². The number of ether oxygens (including phenoxy) is 1. The molecule has 0 radical (unpaired) electrons. The van der Waals surface area contributed by atoms with E-state index in [1.165, 1.54) is 11.8 Å². The fraction of sp³-hybridized carbons (Fsp3) is 0.429. The summed E-state index contributed by atoms with van der Waals surface area (Å²) in [4.78, 5) is 24.5. The summed E-state index contributed by atoms with van der Waals surface area (Å²) in [6.07, 6.45) is -1.09. The predicted octanol–water partition coefficient (Wildman–Crippen LogP) is 2.56. The van der Waals surface area contributed by atoms with Crippen LogP contribution in [0, 0.1) is 0 Å². The minimum atomic E-state index is -1.09. The second kappa shape index (κ2) is 5.75. The Kier molecular flexibility index (Phi) is 4.23. The second-order valence-corrected chi connectivity index (χ2v) is 6.72. The standard InChI is InChI=1S/C14H17NO4S/c1-14(2)11(15(9-20-14)13(17)18)12(16)19-8-10-6-4-3-5-7-10/h3-7,11H,8-9H2,1-2H3,(H,17,18)/t11-/m1/s1. The summed E-state index contributed by atoms with van der Waals surface area (Å²) in [7, 11) is 0. The Morgan fingerprint density at radius 1 is 1.40 bits per heavy atom. The van der Waals surface area contributed by atoms with E-state index in [2.05, 4.69) is 0 Å². The highest BCUT2D eigenvalue weighted by molar-refractivity contribution is 8.00. The molecule has 0 spiro atoms. The Balaban J connectivity index is 2.04. The first-order valence-electron chi connectivity index (χ1n) is 6.26. The van der Waals surface area contributed by atoms with Crippen molar-refractivity contribution in [1.82, 2.24) is 4.90 Å². The maximum Gasteiger partial charge on any atom is 0.408 e. The highest BCUT2D eigenvalue weighted by atomic mass is 32.2. The Labute approximate surface area is 121 Å². The number of esters is 1. The van der Waals surface area contributed by atoms with Crippen molar-refractivity contribution in [3.05, 3.63) is 35.9 Å². The zero-order valence-corrected chi connectivity index (χ0v) is 12.2. The highest BCUT2D eigenvalue weighted by Crippen LogP contribution is 2.39. The molecular formula is C14H17NO4S. The fourth-order valence-corrected chi connectivity index (χ4v) is 3.26. The van der Waals surface area contributed by atoms with Crippen molar-refractivity contribution in [3.63, 3.8) is 0 Å². The van der Waals surface area contributed by atoms with Crippen LogP contribution in [-0.2, 0) is 16.1 Å². The average molecular weight is 295 g/mol. The van der Waals surface area contributed by atoms with Crippen LogP contribution in [0.2, 0.25) is 0 Å². The van der Waals surface area contributed by atoms with Gasteiger partial charge in [-0.2, -0.15) is 0 Å². The van der Waals surface area contributed by atoms with Gasteiger partial charge in [0.1, 0.15) is 12.6 Å². The van der Waals surface area contributed by atoms with E-state index in [1.54, 1.807) is 0 Å². The Morgan fingerprint density at radius 3 is 2.65 bits per heavy atom. The van der Waals surface area contributed by atoms with E-state index in [0.29, 0.717) is 0 Å². The van der Waals surface area contributed by atoms with E-state index in [9.17, 15) is 9.59 Å². The van der Waals surface area contributed by atoms with Crippen LogP contribution in [0.3, 0.4) is 0 Å². The molecule has 1 saturated heterocycles. The SMILES string of the molecule is CC1(C)SCN(C(=O)O)[C@@H]1C(=O)OCc1ccccc1. The first-order valence-corrected chi connectivity index (χ1v) is 7.24. The van der Waals surface area contributed by atoms with Crippen LogP contribution in [0.1, 0.15) is 19.4 Å². The molecule has 1 heterocycles. The lowest BCUT2D eigenvalue weighted by Gasteiger charge is -2.27. The molecule has 1 fully saturated rings. The molecule has 1 aliphatic rings. The minimum Gasteiger partial charge on any atom is -0.465 e. The summed E-state index contributed by atoms with van der Waals surface area (Å²) < 4.78 is 4.79. The number of hydrogen-bond donors (Lipinski definition) is 1. The van der Waals surface area contributed by atoms with Crippen LogP contribution < -0.4 is 0 Å². The van der Waals surface area contributed by atoms with E-state index in [1.807, 2.05) is 44.2 Å².